The molecule has 5 amide bonds. The molecule has 0 saturated carbocycles. The van der Waals surface area contributed by atoms with E-state index in [1.807, 2.05) is 93.6 Å². The van der Waals surface area contributed by atoms with Crippen molar-refractivity contribution in [2.45, 2.75) is 71.5 Å². The Morgan fingerprint density at radius 2 is 1.36 bits per heavy atom. The Morgan fingerprint density at radius 3 is 2.00 bits per heavy atom. The van der Waals surface area contributed by atoms with Crippen LogP contribution in [-0.4, -0.2) is 60.0 Å². The van der Waals surface area contributed by atoms with Gasteiger partial charge in [0.25, 0.3) is 5.91 Å². The van der Waals surface area contributed by atoms with E-state index in [0.717, 1.165) is 21.9 Å². The number of carbonyl (C=O) groups excluding carboxylic acids is 6. The first-order valence-corrected chi connectivity index (χ1v) is 15.9. The van der Waals surface area contributed by atoms with E-state index in [0.29, 0.717) is 12.8 Å². The van der Waals surface area contributed by atoms with Gasteiger partial charge in [0.05, 0.1) is 19.0 Å². The molecule has 0 aliphatic carbocycles. The summed E-state index contributed by atoms with van der Waals surface area (Å²) in [7, 11) is 0. The van der Waals surface area contributed by atoms with E-state index in [2.05, 4.69) is 21.3 Å². The summed E-state index contributed by atoms with van der Waals surface area (Å²) >= 11 is 0. The zero-order valence-corrected chi connectivity index (χ0v) is 27.4. The van der Waals surface area contributed by atoms with Crippen LogP contribution in [0.15, 0.2) is 72.8 Å². The van der Waals surface area contributed by atoms with Crippen molar-refractivity contribution in [3.05, 3.63) is 83.9 Å². The van der Waals surface area contributed by atoms with Crippen LogP contribution in [0.5, 0.6) is 0 Å². The molecule has 11 nitrogen and oxygen atoms in total. The van der Waals surface area contributed by atoms with Gasteiger partial charge in [-0.3, -0.25) is 28.8 Å². The van der Waals surface area contributed by atoms with E-state index in [-0.39, 0.29) is 24.7 Å². The molecular weight excluding hydrogens is 598 g/mol. The number of amides is 5. The number of benzene rings is 3. The van der Waals surface area contributed by atoms with Crippen LogP contribution in [-0.2, 0) is 41.6 Å². The third-order valence-corrected chi connectivity index (χ3v) is 7.93. The lowest BCUT2D eigenvalue weighted by Crippen LogP contribution is -2.57. The molecule has 3 aromatic rings. The first kappa shape index (κ1) is 36.4. The number of fused-ring (bicyclic) bond motifs is 1. The highest BCUT2D eigenvalue weighted by atomic mass is 16.2. The molecule has 0 heterocycles. The molecule has 0 spiro atoms. The second-order valence-electron chi connectivity index (χ2n) is 12.2. The van der Waals surface area contributed by atoms with Gasteiger partial charge < -0.3 is 27.0 Å². The third-order valence-electron chi connectivity index (χ3n) is 7.93. The maximum absolute atomic E-state index is 13.4. The Balaban J connectivity index is 1.60. The van der Waals surface area contributed by atoms with Crippen LogP contribution in [0, 0.1) is 11.8 Å². The number of hydrogen-bond donors (Lipinski definition) is 5. The molecule has 3 unspecified atom stereocenters. The molecule has 11 heteroatoms. The molecule has 47 heavy (non-hydrogen) atoms. The van der Waals surface area contributed by atoms with Gasteiger partial charge in [-0.1, -0.05) is 107 Å². The first-order valence-electron chi connectivity index (χ1n) is 15.9. The molecule has 0 saturated heterocycles. The van der Waals surface area contributed by atoms with Crippen LogP contribution in [0.4, 0.5) is 0 Å². The topological polar surface area (TPSA) is 177 Å². The molecule has 6 N–H and O–H groups in total. The highest BCUT2D eigenvalue weighted by Crippen LogP contribution is 2.17. The summed E-state index contributed by atoms with van der Waals surface area (Å²) in [6.07, 6.45) is 1.01. The molecule has 3 aromatic carbocycles. The summed E-state index contributed by atoms with van der Waals surface area (Å²) in [5.41, 5.74) is 7.12. The highest BCUT2D eigenvalue weighted by Gasteiger charge is 2.33. The first-order chi connectivity index (χ1) is 22.4. The molecule has 0 fully saturated rings. The predicted molar refractivity (Wildman–Crippen MR) is 180 cm³/mol. The fourth-order valence-corrected chi connectivity index (χ4v) is 5.14. The lowest BCUT2D eigenvalue weighted by atomic mass is 9.93. The average Bonchev–Trinajstić information content (AvgIpc) is 3.04. The quantitative estimate of drug-likeness (QED) is 0.141. The maximum Gasteiger partial charge on any atom is 0.290 e. The molecule has 0 aliphatic heterocycles. The van der Waals surface area contributed by atoms with Gasteiger partial charge in [0, 0.05) is 6.42 Å². The van der Waals surface area contributed by atoms with Crippen molar-refractivity contribution in [2.75, 3.05) is 6.54 Å². The number of hydrogen-bond acceptors (Lipinski definition) is 6. The molecule has 0 aromatic heterocycles. The highest BCUT2D eigenvalue weighted by molar-refractivity contribution is 6.38. The number of primary amides is 1. The van der Waals surface area contributed by atoms with Crippen LogP contribution in [0.2, 0.25) is 0 Å². The molecule has 4 atom stereocenters. The Labute approximate surface area is 275 Å². The summed E-state index contributed by atoms with van der Waals surface area (Å²) in [5, 5.41) is 12.3. The van der Waals surface area contributed by atoms with Crippen molar-refractivity contribution in [2.24, 2.45) is 17.6 Å². The molecule has 250 valence electrons. The molecule has 3 rings (SSSR count). The van der Waals surface area contributed by atoms with E-state index in [1.54, 1.807) is 6.92 Å². The van der Waals surface area contributed by atoms with Gasteiger partial charge in [-0.25, -0.2) is 0 Å². The van der Waals surface area contributed by atoms with Gasteiger partial charge in [0.2, 0.25) is 29.4 Å². The van der Waals surface area contributed by atoms with Crippen LogP contribution < -0.4 is 27.0 Å². The van der Waals surface area contributed by atoms with Crippen LogP contribution >= 0.6 is 0 Å². The summed E-state index contributed by atoms with van der Waals surface area (Å²) in [6, 6.07) is 19.3. The van der Waals surface area contributed by atoms with Crippen LogP contribution in [0.3, 0.4) is 0 Å². The molecule has 0 aliphatic rings. The minimum Gasteiger partial charge on any atom is -0.368 e. The molecular formula is C36H45N5O6. The van der Waals surface area contributed by atoms with E-state index in [9.17, 15) is 28.8 Å². The van der Waals surface area contributed by atoms with Crippen molar-refractivity contribution < 1.29 is 28.8 Å². The number of rotatable bonds is 17. The fourth-order valence-electron chi connectivity index (χ4n) is 5.14. The van der Waals surface area contributed by atoms with Crippen LogP contribution in [0.1, 0.15) is 51.7 Å². The smallest absolute Gasteiger partial charge is 0.290 e. The lowest BCUT2D eigenvalue weighted by molar-refractivity contribution is -0.142. The van der Waals surface area contributed by atoms with E-state index < -0.39 is 60.0 Å². The fraction of sp³-hybridized carbons (Fsp3) is 0.389. The van der Waals surface area contributed by atoms with Crippen molar-refractivity contribution in [3.8, 4) is 0 Å². The van der Waals surface area contributed by atoms with Gasteiger partial charge >= 0.3 is 0 Å². The van der Waals surface area contributed by atoms with E-state index in [4.69, 9.17) is 5.73 Å². The van der Waals surface area contributed by atoms with Crippen molar-refractivity contribution in [1.82, 2.24) is 21.3 Å². The predicted octanol–water partition coefficient (Wildman–Crippen LogP) is 2.34. The Kier molecular flexibility index (Phi) is 13.6. The van der Waals surface area contributed by atoms with Crippen LogP contribution in [0.25, 0.3) is 10.8 Å². The molecule has 0 radical (unpaired) electrons. The van der Waals surface area contributed by atoms with Gasteiger partial charge in [0.1, 0.15) is 12.1 Å². The number of carbonyl (C=O) groups is 6. The van der Waals surface area contributed by atoms with Gasteiger partial charge in [-0.05, 0) is 40.2 Å². The number of nitrogens with one attached hydrogen (secondary N) is 4. The summed E-state index contributed by atoms with van der Waals surface area (Å²) in [4.78, 5) is 77.1. The Bertz CT molecular complexity index is 1570. The standard InChI is InChI=1S/C36H45N5O6/c1-5-23(4)32(41-35(46)29(17-22(2)3)40-30(42)20-24-11-7-6-8-12-24)33(44)36(47)38-21-31(43)39-28(34(37)45)19-25-15-16-26-13-9-10-14-27(26)18-25/h6-16,18,22-23,28-29,32H,5,17,19-21H2,1-4H3,(H2,37,45)(H,38,47)(H,39,43)(H,40,42)(H,41,46)/t23-,28?,29?,32?/m0/s1. The minimum absolute atomic E-state index is 0.0489. The number of Topliss-reactive ketones (excluding diaryl/α,β-unsaturated/α-hetero) is 1. The Hall–Kier alpha value is -5.06. The summed E-state index contributed by atoms with van der Waals surface area (Å²) in [6.45, 7) is 6.76. The van der Waals surface area contributed by atoms with E-state index in [1.165, 1.54) is 0 Å². The second kappa shape index (κ2) is 17.6. The van der Waals surface area contributed by atoms with Crippen molar-refractivity contribution >= 4 is 46.1 Å². The normalized spacial score (nSPS) is 13.6. The second-order valence-corrected chi connectivity index (χ2v) is 12.2. The van der Waals surface area contributed by atoms with Crippen molar-refractivity contribution in [3.63, 3.8) is 0 Å². The van der Waals surface area contributed by atoms with Gasteiger partial charge in [-0.15, -0.1) is 0 Å². The number of nitrogens with two attached hydrogens (primary N) is 1. The van der Waals surface area contributed by atoms with Gasteiger partial charge in [-0.2, -0.15) is 0 Å². The number of ketones is 1. The lowest BCUT2D eigenvalue weighted by Gasteiger charge is -2.26. The largest absolute Gasteiger partial charge is 0.368 e. The SMILES string of the molecule is CC[C@H](C)C(NC(=O)C(CC(C)C)NC(=O)Cc1ccccc1)C(=O)C(=O)NCC(=O)NC(Cc1ccc2ccccc2c1)C(N)=O. The third kappa shape index (κ3) is 11.4. The Morgan fingerprint density at radius 1 is 0.723 bits per heavy atom. The van der Waals surface area contributed by atoms with Gasteiger partial charge in [0.15, 0.2) is 0 Å². The monoisotopic (exact) mass is 643 g/mol. The maximum atomic E-state index is 13.4. The zero-order valence-electron chi connectivity index (χ0n) is 27.4. The summed E-state index contributed by atoms with van der Waals surface area (Å²) in [5.74, 6) is -4.76. The zero-order chi connectivity index (χ0) is 34.5. The minimum atomic E-state index is -1.19. The summed E-state index contributed by atoms with van der Waals surface area (Å²) < 4.78 is 0. The average molecular weight is 644 g/mol. The van der Waals surface area contributed by atoms with Crippen molar-refractivity contribution in [1.29, 1.82) is 0 Å². The molecule has 0 bridgehead atoms. The van der Waals surface area contributed by atoms with E-state index >= 15 is 0 Å².